The Morgan fingerprint density at radius 1 is 1.05 bits per heavy atom. The van der Waals surface area contributed by atoms with Gasteiger partial charge in [0, 0.05) is 13.2 Å². The van der Waals surface area contributed by atoms with Crippen LogP contribution in [-0.4, -0.2) is 38.4 Å². The monoisotopic (exact) mass is 286 g/mol. The highest BCUT2D eigenvalue weighted by Gasteiger charge is 2.48. The average molecular weight is 286 g/mol. The molecule has 20 heavy (non-hydrogen) atoms. The highest BCUT2D eigenvalue weighted by molar-refractivity contribution is 6.00. The van der Waals surface area contributed by atoms with E-state index in [0.29, 0.717) is 32.0 Å². The van der Waals surface area contributed by atoms with Gasteiger partial charge in [-0.2, -0.15) is 0 Å². The third kappa shape index (κ3) is 3.95. The fourth-order valence-corrected chi connectivity index (χ4v) is 2.66. The molecule has 1 fully saturated rings. The average Bonchev–Trinajstić information content (AvgIpc) is 2.46. The zero-order chi connectivity index (χ0) is 15.0. The number of carbonyl (C=O) groups excluding carboxylic acids is 2. The van der Waals surface area contributed by atoms with Gasteiger partial charge in [-0.25, -0.2) is 0 Å². The van der Waals surface area contributed by atoms with Crippen LogP contribution < -0.4 is 0 Å². The summed E-state index contributed by atoms with van der Waals surface area (Å²) in [7, 11) is 0. The van der Waals surface area contributed by atoms with Crippen LogP contribution >= 0.6 is 0 Å². The van der Waals surface area contributed by atoms with E-state index >= 15 is 0 Å². The zero-order valence-electron chi connectivity index (χ0n) is 12.8. The van der Waals surface area contributed by atoms with Gasteiger partial charge in [0.1, 0.15) is 0 Å². The van der Waals surface area contributed by atoms with Gasteiger partial charge >= 0.3 is 11.9 Å². The summed E-state index contributed by atoms with van der Waals surface area (Å²) in [5.74, 6) is -0.600. The summed E-state index contributed by atoms with van der Waals surface area (Å²) in [4.78, 5) is 24.7. The lowest BCUT2D eigenvalue weighted by Crippen LogP contribution is -2.43. The number of rotatable bonds is 7. The van der Waals surface area contributed by atoms with Crippen molar-refractivity contribution in [2.75, 3.05) is 26.4 Å². The molecule has 1 rings (SSSR count). The van der Waals surface area contributed by atoms with Gasteiger partial charge < -0.3 is 14.2 Å². The predicted molar refractivity (Wildman–Crippen MR) is 74.2 cm³/mol. The molecule has 0 atom stereocenters. The lowest BCUT2D eigenvalue weighted by Gasteiger charge is -2.33. The van der Waals surface area contributed by atoms with Crippen molar-refractivity contribution in [2.24, 2.45) is 11.3 Å². The predicted octanol–water partition coefficient (Wildman–Crippen LogP) is 2.33. The van der Waals surface area contributed by atoms with Gasteiger partial charge in [-0.15, -0.1) is 0 Å². The van der Waals surface area contributed by atoms with Crippen molar-refractivity contribution in [3.8, 4) is 0 Å². The Kier molecular flexibility index (Phi) is 6.99. The second-order valence-corrected chi connectivity index (χ2v) is 5.14. The summed E-state index contributed by atoms with van der Waals surface area (Å²) in [5.41, 5.74) is -1.16. The molecule has 0 aliphatic carbocycles. The molecule has 1 heterocycles. The molecule has 1 aliphatic rings. The van der Waals surface area contributed by atoms with Gasteiger partial charge in [0.2, 0.25) is 0 Å². The molecule has 0 unspecified atom stereocenters. The maximum absolute atomic E-state index is 12.3. The molecule has 1 saturated heterocycles. The smallest absolute Gasteiger partial charge is 0.323 e. The highest BCUT2D eigenvalue weighted by Crippen LogP contribution is 2.37. The standard InChI is InChI=1S/C15H26O5/c1-4-15(13(16)19-5-2,14(17)20-6-3)11-12-7-9-18-10-8-12/h12H,4-11H2,1-3H3. The molecule has 0 aromatic heterocycles. The maximum atomic E-state index is 12.3. The molecule has 116 valence electrons. The van der Waals surface area contributed by atoms with E-state index in [4.69, 9.17) is 14.2 Å². The van der Waals surface area contributed by atoms with Crippen molar-refractivity contribution in [3.05, 3.63) is 0 Å². The second kappa shape index (κ2) is 8.25. The summed E-state index contributed by atoms with van der Waals surface area (Å²) >= 11 is 0. The Hall–Kier alpha value is -1.10. The van der Waals surface area contributed by atoms with Crippen LogP contribution in [0.5, 0.6) is 0 Å². The lowest BCUT2D eigenvalue weighted by atomic mass is 9.75. The Morgan fingerprint density at radius 3 is 1.95 bits per heavy atom. The van der Waals surface area contributed by atoms with Crippen LogP contribution in [0.15, 0.2) is 0 Å². The molecule has 0 N–H and O–H groups in total. The lowest BCUT2D eigenvalue weighted by molar-refractivity contribution is -0.174. The first-order valence-electron chi connectivity index (χ1n) is 7.52. The van der Waals surface area contributed by atoms with Gasteiger partial charge in [-0.3, -0.25) is 9.59 Å². The van der Waals surface area contributed by atoms with Crippen LogP contribution in [0.25, 0.3) is 0 Å². The van der Waals surface area contributed by atoms with E-state index in [0.717, 1.165) is 12.8 Å². The minimum atomic E-state index is -1.16. The van der Waals surface area contributed by atoms with E-state index in [1.54, 1.807) is 13.8 Å². The number of hydrogen-bond donors (Lipinski definition) is 0. The largest absolute Gasteiger partial charge is 0.465 e. The van der Waals surface area contributed by atoms with Crippen molar-refractivity contribution in [2.45, 2.75) is 46.5 Å². The van der Waals surface area contributed by atoms with Crippen LogP contribution in [0.2, 0.25) is 0 Å². The first-order chi connectivity index (χ1) is 9.60. The molecule has 1 aliphatic heterocycles. The molecular formula is C15H26O5. The first-order valence-corrected chi connectivity index (χ1v) is 7.52. The van der Waals surface area contributed by atoms with E-state index in [9.17, 15) is 9.59 Å². The first kappa shape index (κ1) is 17.0. The number of esters is 2. The van der Waals surface area contributed by atoms with Gasteiger partial charge in [0.15, 0.2) is 5.41 Å². The molecule has 0 spiro atoms. The van der Waals surface area contributed by atoms with E-state index in [-0.39, 0.29) is 13.2 Å². The van der Waals surface area contributed by atoms with Crippen molar-refractivity contribution in [1.29, 1.82) is 0 Å². The highest BCUT2D eigenvalue weighted by atomic mass is 16.6. The minimum Gasteiger partial charge on any atom is -0.465 e. The van der Waals surface area contributed by atoms with Gasteiger partial charge in [-0.05, 0) is 45.4 Å². The second-order valence-electron chi connectivity index (χ2n) is 5.14. The van der Waals surface area contributed by atoms with Crippen LogP contribution in [-0.2, 0) is 23.8 Å². The molecule has 5 heteroatoms. The van der Waals surface area contributed by atoms with Crippen molar-refractivity contribution in [3.63, 3.8) is 0 Å². The molecule has 0 amide bonds. The Bertz CT molecular complexity index is 302. The Labute approximate surface area is 121 Å². The van der Waals surface area contributed by atoms with Gasteiger partial charge in [0.05, 0.1) is 13.2 Å². The third-order valence-electron chi connectivity index (χ3n) is 3.91. The van der Waals surface area contributed by atoms with Crippen LogP contribution in [0.4, 0.5) is 0 Å². The molecule has 0 saturated carbocycles. The van der Waals surface area contributed by atoms with Gasteiger partial charge in [0.25, 0.3) is 0 Å². The number of carbonyl (C=O) groups is 2. The molecule has 0 aromatic rings. The summed E-state index contributed by atoms with van der Waals surface area (Å²) in [5, 5.41) is 0. The van der Waals surface area contributed by atoms with E-state index in [1.807, 2.05) is 6.92 Å². The molecule has 0 bridgehead atoms. The van der Waals surface area contributed by atoms with Crippen LogP contribution in [0, 0.1) is 11.3 Å². The van der Waals surface area contributed by atoms with Crippen molar-refractivity contribution >= 4 is 11.9 Å². The quantitative estimate of drug-likeness (QED) is 0.531. The Balaban J connectivity index is 2.90. The molecule has 5 nitrogen and oxygen atoms in total. The fraction of sp³-hybridized carbons (Fsp3) is 0.867. The summed E-state index contributed by atoms with van der Waals surface area (Å²) in [6.45, 7) is 7.26. The van der Waals surface area contributed by atoms with Crippen LogP contribution in [0.1, 0.15) is 46.5 Å². The SMILES string of the molecule is CCOC(=O)C(CC)(CC1CCOCC1)C(=O)OCC. The minimum absolute atomic E-state index is 0.272. The Morgan fingerprint density at radius 2 is 1.55 bits per heavy atom. The van der Waals surface area contributed by atoms with Gasteiger partial charge in [-0.1, -0.05) is 6.92 Å². The van der Waals surface area contributed by atoms with Crippen LogP contribution in [0.3, 0.4) is 0 Å². The van der Waals surface area contributed by atoms with E-state index in [2.05, 4.69) is 0 Å². The summed E-state index contributed by atoms with van der Waals surface area (Å²) in [6.07, 6.45) is 2.65. The zero-order valence-corrected chi connectivity index (χ0v) is 12.8. The summed E-state index contributed by atoms with van der Waals surface area (Å²) < 4.78 is 15.6. The molecule has 0 aromatic carbocycles. The number of ether oxygens (including phenoxy) is 3. The molecular weight excluding hydrogens is 260 g/mol. The van der Waals surface area contributed by atoms with E-state index < -0.39 is 17.4 Å². The maximum Gasteiger partial charge on any atom is 0.323 e. The normalized spacial score (nSPS) is 16.8. The topological polar surface area (TPSA) is 61.8 Å². The van der Waals surface area contributed by atoms with Crippen molar-refractivity contribution in [1.82, 2.24) is 0 Å². The number of hydrogen-bond acceptors (Lipinski definition) is 5. The van der Waals surface area contributed by atoms with Crippen molar-refractivity contribution < 1.29 is 23.8 Å². The molecule has 0 radical (unpaired) electrons. The fourth-order valence-electron chi connectivity index (χ4n) is 2.66. The van der Waals surface area contributed by atoms with E-state index in [1.165, 1.54) is 0 Å². The summed E-state index contributed by atoms with van der Waals surface area (Å²) in [6, 6.07) is 0. The third-order valence-corrected chi connectivity index (χ3v) is 3.91.